The van der Waals surface area contributed by atoms with E-state index < -0.39 is 50.3 Å². The van der Waals surface area contributed by atoms with Gasteiger partial charge in [-0.1, -0.05) is 6.07 Å². The maximum Gasteiger partial charge on any atom is 0.435 e. The van der Waals surface area contributed by atoms with Gasteiger partial charge in [-0.2, -0.15) is 18.4 Å². The van der Waals surface area contributed by atoms with Gasteiger partial charge in [0.15, 0.2) is 5.69 Å². The zero-order chi connectivity index (χ0) is 27.0. The first-order valence-corrected chi connectivity index (χ1v) is 12.1. The van der Waals surface area contributed by atoms with Gasteiger partial charge in [-0.25, -0.2) is 13.4 Å². The van der Waals surface area contributed by atoms with E-state index in [-0.39, 0.29) is 33.0 Å². The molecule has 1 aromatic heterocycles. The van der Waals surface area contributed by atoms with Gasteiger partial charge in [0.05, 0.1) is 15.3 Å². The maximum atomic E-state index is 14.5. The van der Waals surface area contributed by atoms with Crippen molar-refractivity contribution < 1.29 is 31.3 Å². The zero-order valence-electron chi connectivity index (χ0n) is 19.4. The lowest BCUT2D eigenvalue weighted by Gasteiger charge is -2.18. The van der Waals surface area contributed by atoms with Gasteiger partial charge in [0.1, 0.15) is 23.2 Å². The van der Waals surface area contributed by atoms with E-state index in [1.807, 2.05) is 0 Å². The highest BCUT2D eigenvalue weighted by Gasteiger charge is 2.38. The molecule has 3 rings (SSSR count). The highest BCUT2D eigenvalue weighted by Crippen LogP contribution is 2.37. The maximum absolute atomic E-state index is 14.5. The second-order valence-corrected chi connectivity index (χ2v) is 10.1. The molecule has 2 N–H and O–H groups in total. The lowest BCUT2D eigenvalue weighted by Crippen LogP contribution is -2.21. The molecule has 0 radical (unpaired) electrons. The Kier molecular flexibility index (Phi) is 7.04. The molecule has 0 aliphatic carbocycles. The van der Waals surface area contributed by atoms with Gasteiger partial charge < -0.3 is 10.1 Å². The molecular weight excluding hydrogens is 502 g/mol. The number of nitriles is 1. The molecule has 1 amide bonds. The first-order valence-electron chi connectivity index (χ1n) is 10.1. The summed E-state index contributed by atoms with van der Waals surface area (Å²) in [6, 6.07) is 8.36. The van der Waals surface area contributed by atoms with E-state index in [9.17, 15) is 26.6 Å². The lowest BCUT2D eigenvalue weighted by molar-refractivity contribution is -0.142. The third-order valence-electron chi connectivity index (χ3n) is 5.17. The molecule has 0 spiro atoms. The second kappa shape index (κ2) is 9.54. The van der Waals surface area contributed by atoms with E-state index in [4.69, 9.17) is 14.8 Å². The first-order chi connectivity index (χ1) is 16.6. The molecule has 36 heavy (non-hydrogen) atoms. The number of amides is 1. The average molecular weight is 521 g/mol. The summed E-state index contributed by atoms with van der Waals surface area (Å²) in [7, 11) is -3.13. The molecule has 1 heterocycles. The standard InChI is InChI=1S/C23H19F4N5O3S/c1-11-8-14(10-28)18(24)13(3)19(11)35-22-17(12(2)20(31-32-22)23(25,26)27)21(33)30-15-6-5-7-16(9-15)36(4,29)34/h5-9,29H,1-4H3,(H,30,33). The van der Waals surface area contributed by atoms with Crippen molar-refractivity contribution in [2.24, 2.45) is 0 Å². The molecule has 1 atom stereocenters. The van der Waals surface area contributed by atoms with Crippen LogP contribution in [0.15, 0.2) is 35.2 Å². The van der Waals surface area contributed by atoms with E-state index in [2.05, 4.69) is 15.5 Å². The van der Waals surface area contributed by atoms with Crippen molar-refractivity contribution in [3.63, 3.8) is 0 Å². The molecule has 0 saturated heterocycles. The average Bonchev–Trinajstić information content (AvgIpc) is 2.77. The molecule has 0 saturated carbocycles. The summed E-state index contributed by atoms with van der Waals surface area (Å²) >= 11 is 0. The van der Waals surface area contributed by atoms with Crippen LogP contribution in [0.3, 0.4) is 0 Å². The molecular formula is C23H19F4N5O3S. The third-order valence-corrected chi connectivity index (χ3v) is 6.32. The number of hydrogen-bond donors (Lipinski definition) is 2. The van der Waals surface area contributed by atoms with Crippen LogP contribution in [0.2, 0.25) is 0 Å². The summed E-state index contributed by atoms with van der Waals surface area (Å²) in [6.07, 6.45) is -3.76. The van der Waals surface area contributed by atoms with Crippen molar-refractivity contribution in [1.82, 2.24) is 10.2 Å². The number of rotatable bonds is 5. The number of hydrogen-bond acceptors (Lipinski definition) is 7. The van der Waals surface area contributed by atoms with E-state index in [0.717, 1.165) is 6.92 Å². The summed E-state index contributed by atoms with van der Waals surface area (Å²) in [5.41, 5.74) is -2.66. The molecule has 0 aliphatic heterocycles. The predicted octanol–water partition coefficient (Wildman–Crippen LogP) is 5.51. The van der Waals surface area contributed by atoms with Crippen molar-refractivity contribution in [2.45, 2.75) is 31.8 Å². The number of nitrogens with zero attached hydrogens (tertiary/aromatic N) is 3. The van der Waals surface area contributed by atoms with Crippen LogP contribution in [0.1, 0.15) is 38.3 Å². The topological polar surface area (TPSA) is 129 Å². The van der Waals surface area contributed by atoms with Crippen LogP contribution >= 0.6 is 0 Å². The number of ether oxygens (including phenoxy) is 1. The zero-order valence-corrected chi connectivity index (χ0v) is 20.2. The highest BCUT2D eigenvalue weighted by molar-refractivity contribution is 7.91. The summed E-state index contributed by atoms with van der Waals surface area (Å²) < 4.78 is 80.4. The predicted molar refractivity (Wildman–Crippen MR) is 122 cm³/mol. The molecule has 3 aromatic rings. The van der Waals surface area contributed by atoms with Crippen molar-refractivity contribution >= 4 is 21.3 Å². The molecule has 188 valence electrons. The van der Waals surface area contributed by atoms with Crippen LogP contribution in [0, 0.1) is 42.7 Å². The van der Waals surface area contributed by atoms with E-state index in [1.54, 1.807) is 6.07 Å². The number of aromatic nitrogens is 2. The molecule has 0 aliphatic rings. The Hall–Kier alpha value is -4.05. The molecule has 1 unspecified atom stereocenters. The Morgan fingerprint density at radius 2 is 1.83 bits per heavy atom. The normalized spacial score (nSPS) is 13.0. The molecule has 13 heteroatoms. The summed E-state index contributed by atoms with van der Waals surface area (Å²) in [6.45, 7) is 3.80. The van der Waals surface area contributed by atoms with E-state index in [1.165, 1.54) is 50.4 Å². The van der Waals surface area contributed by atoms with Gasteiger partial charge in [-0.15, -0.1) is 10.2 Å². The number of alkyl halides is 3. The minimum absolute atomic E-state index is 0.0619. The smallest absolute Gasteiger partial charge is 0.435 e. The molecule has 2 aromatic carbocycles. The Labute approximate surface area is 203 Å². The first kappa shape index (κ1) is 26.6. The Morgan fingerprint density at radius 1 is 1.17 bits per heavy atom. The van der Waals surface area contributed by atoms with Crippen molar-refractivity contribution in [2.75, 3.05) is 11.6 Å². The van der Waals surface area contributed by atoms with Crippen molar-refractivity contribution in [3.8, 4) is 17.7 Å². The fourth-order valence-corrected chi connectivity index (χ4v) is 4.09. The molecule has 0 bridgehead atoms. The third kappa shape index (κ3) is 5.28. The number of carbonyl (C=O) groups excluding carboxylic acids is 1. The quantitative estimate of drug-likeness (QED) is 0.426. The number of benzene rings is 2. The summed E-state index contributed by atoms with van der Waals surface area (Å²) in [4.78, 5) is 13.3. The van der Waals surface area contributed by atoms with Crippen LogP contribution < -0.4 is 10.1 Å². The van der Waals surface area contributed by atoms with Crippen LogP contribution in [-0.4, -0.2) is 26.6 Å². The van der Waals surface area contributed by atoms with Crippen LogP contribution in [0.5, 0.6) is 11.6 Å². The van der Waals surface area contributed by atoms with Gasteiger partial charge >= 0.3 is 6.18 Å². The summed E-state index contributed by atoms with van der Waals surface area (Å²) in [5.74, 6) is -2.71. The largest absolute Gasteiger partial charge is 0.436 e. The molecule has 0 fully saturated rings. The van der Waals surface area contributed by atoms with Gasteiger partial charge in [0, 0.05) is 22.4 Å². The Morgan fingerprint density at radius 3 is 2.42 bits per heavy atom. The van der Waals surface area contributed by atoms with Gasteiger partial charge in [-0.05, 0) is 56.2 Å². The number of aryl methyl sites for hydroxylation is 1. The van der Waals surface area contributed by atoms with Gasteiger partial charge in [0.2, 0.25) is 0 Å². The van der Waals surface area contributed by atoms with Gasteiger partial charge in [-0.3, -0.25) is 4.79 Å². The van der Waals surface area contributed by atoms with Crippen molar-refractivity contribution in [3.05, 3.63) is 69.7 Å². The fourth-order valence-electron chi connectivity index (χ4n) is 3.40. The monoisotopic (exact) mass is 521 g/mol. The minimum Gasteiger partial charge on any atom is -0.436 e. The Bertz CT molecular complexity index is 1530. The highest BCUT2D eigenvalue weighted by atomic mass is 32.2. The number of nitrogens with one attached hydrogen (secondary N) is 2. The van der Waals surface area contributed by atoms with Gasteiger partial charge in [0.25, 0.3) is 11.8 Å². The van der Waals surface area contributed by atoms with E-state index in [0.29, 0.717) is 0 Å². The fraction of sp³-hybridized carbons (Fsp3) is 0.217. The molecule has 8 nitrogen and oxygen atoms in total. The lowest BCUT2D eigenvalue weighted by atomic mass is 10.0. The Balaban J connectivity index is 2.15. The SMILES string of the molecule is Cc1cc(C#N)c(F)c(C)c1Oc1nnc(C(F)(F)F)c(C)c1C(=O)Nc1cccc(S(C)(=N)=O)c1. The van der Waals surface area contributed by atoms with Crippen LogP contribution in [0.25, 0.3) is 0 Å². The summed E-state index contributed by atoms with van der Waals surface area (Å²) in [5, 5.41) is 18.1. The van der Waals surface area contributed by atoms with Crippen LogP contribution in [-0.2, 0) is 15.9 Å². The number of halogens is 4. The van der Waals surface area contributed by atoms with Crippen LogP contribution in [0.4, 0.5) is 23.2 Å². The number of anilines is 1. The second-order valence-electron chi connectivity index (χ2n) is 7.90. The minimum atomic E-state index is -4.93. The van der Waals surface area contributed by atoms with E-state index >= 15 is 0 Å². The van der Waals surface area contributed by atoms with Crippen molar-refractivity contribution in [1.29, 1.82) is 10.0 Å². The number of carbonyl (C=O) groups is 1.